The number of fused-ring (bicyclic) bond motifs is 1. The van der Waals surface area contributed by atoms with Crippen molar-refractivity contribution in [1.82, 2.24) is 10.2 Å². The maximum atomic E-state index is 12.4. The molecule has 0 aliphatic carbocycles. The highest BCUT2D eigenvalue weighted by molar-refractivity contribution is 6.00. The number of amides is 3. The van der Waals surface area contributed by atoms with Crippen LogP contribution in [0.1, 0.15) is 34.6 Å². The third-order valence-corrected chi connectivity index (χ3v) is 4.49. The second kappa shape index (κ2) is 9.09. The minimum atomic E-state index is -0.399. The summed E-state index contributed by atoms with van der Waals surface area (Å²) in [4.78, 5) is 38.6. The molecular formula is C21H23N3O5. The second-order valence-electron chi connectivity index (χ2n) is 6.36. The number of ether oxygens (including phenoxy) is 2. The number of carbonyl (C=O) groups excluding carboxylic acids is 3. The lowest BCUT2D eigenvalue weighted by Gasteiger charge is -2.19. The zero-order valence-electron chi connectivity index (χ0n) is 16.4. The van der Waals surface area contributed by atoms with E-state index in [2.05, 4.69) is 10.6 Å². The molecule has 0 unspecified atom stereocenters. The Morgan fingerprint density at radius 3 is 2.48 bits per heavy atom. The molecule has 2 aromatic rings. The van der Waals surface area contributed by atoms with E-state index in [-0.39, 0.29) is 19.2 Å². The maximum Gasteiger partial charge on any atom is 0.253 e. The SMILES string of the molecule is CCN(CC)C(=O)c1cccc(NC(=O)CNC(=O)c2ccc3c(c2)OCO3)c1. The first kappa shape index (κ1) is 20.2. The molecule has 152 valence electrons. The van der Waals surface area contributed by atoms with Crippen molar-refractivity contribution < 1.29 is 23.9 Å². The Hall–Kier alpha value is -3.55. The Morgan fingerprint density at radius 1 is 0.966 bits per heavy atom. The Morgan fingerprint density at radius 2 is 1.72 bits per heavy atom. The summed E-state index contributed by atoms with van der Waals surface area (Å²) in [5.41, 5.74) is 1.36. The number of nitrogens with zero attached hydrogens (tertiary/aromatic N) is 1. The summed E-state index contributed by atoms with van der Waals surface area (Å²) in [6, 6.07) is 11.5. The smallest absolute Gasteiger partial charge is 0.253 e. The zero-order valence-corrected chi connectivity index (χ0v) is 16.4. The van der Waals surface area contributed by atoms with E-state index < -0.39 is 11.8 Å². The molecule has 2 N–H and O–H groups in total. The summed E-state index contributed by atoms with van der Waals surface area (Å²) in [5.74, 6) is 0.188. The van der Waals surface area contributed by atoms with E-state index in [1.54, 1.807) is 47.4 Å². The van der Waals surface area contributed by atoms with Crippen molar-refractivity contribution in [3.8, 4) is 11.5 Å². The largest absolute Gasteiger partial charge is 0.454 e. The first-order valence-electron chi connectivity index (χ1n) is 9.38. The van der Waals surface area contributed by atoms with Crippen LogP contribution < -0.4 is 20.1 Å². The predicted molar refractivity (Wildman–Crippen MR) is 107 cm³/mol. The number of rotatable bonds is 7. The molecular weight excluding hydrogens is 374 g/mol. The Labute approximate surface area is 168 Å². The van der Waals surface area contributed by atoms with Gasteiger partial charge in [0.1, 0.15) is 0 Å². The number of hydrogen-bond acceptors (Lipinski definition) is 5. The molecule has 1 aliphatic heterocycles. The number of benzene rings is 2. The fourth-order valence-electron chi connectivity index (χ4n) is 2.93. The summed E-state index contributed by atoms with van der Waals surface area (Å²) >= 11 is 0. The molecule has 0 aromatic heterocycles. The highest BCUT2D eigenvalue weighted by Gasteiger charge is 2.17. The van der Waals surface area contributed by atoms with E-state index in [0.717, 1.165) is 0 Å². The van der Waals surface area contributed by atoms with Crippen LogP contribution in [-0.2, 0) is 4.79 Å². The van der Waals surface area contributed by atoms with Gasteiger partial charge in [-0.25, -0.2) is 0 Å². The van der Waals surface area contributed by atoms with Crippen molar-refractivity contribution in [3.63, 3.8) is 0 Å². The van der Waals surface area contributed by atoms with Gasteiger partial charge >= 0.3 is 0 Å². The average molecular weight is 397 g/mol. The zero-order chi connectivity index (χ0) is 20.8. The van der Waals surface area contributed by atoms with Gasteiger partial charge in [-0.2, -0.15) is 0 Å². The van der Waals surface area contributed by atoms with E-state index in [1.165, 1.54) is 0 Å². The Kier molecular flexibility index (Phi) is 6.33. The third kappa shape index (κ3) is 4.84. The van der Waals surface area contributed by atoms with Crippen LogP contribution in [0.3, 0.4) is 0 Å². The molecule has 3 rings (SSSR count). The fraction of sp³-hybridized carbons (Fsp3) is 0.286. The third-order valence-electron chi connectivity index (χ3n) is 4.49. The molecule has 0 bridgehead atoms. The Balaban J connectivity index is 1.56. The average Bonchev–Trinajstić information content (AvgIpc) is 3.21. The number of carbonyl (C=O) groups is 3. The van der Waals surface area contributed by atoms with Gasteiger partial charge in [0.25, 0.3) is 11.8 Å². The summed E-state index contributed by atoms with van der Waals surface area (Å²) < 4.78 is 10.5. The van der Waals surface area contributed by atoms with Gasteiger partial charge in [-0.15, -0.1) is 0 Å². The van der Waals surface area contributed by atoms with E-state index in [4.69, 9.17) is 9.47 Å². The van der Waals surface area contributed by atoms with Gasteiger partial charge in [-0.3, -0.25) is 14.4 Å². The lowest BCUT2D eigenvalue weighted by atomic mass is 10.1. The van der Waals surface area contributed by atoms with Gasteiger partial charge in [0, 0.05) is 29.9 Å². The number of anilines is 1. The number of hydrogen-bond donors (Lipinski definition) is 2. The van der Waals surface area contributed by atoms with Crippen LogP contribution in [0.15, 0.2) is 42.5 Å². The van der Waals surface area contributed by atoms with Gasteiger partial charge in [0.2, 0.25) is 12.7 Å². The number of nitrogens with one attached hydrogen (secondary N) is 2. The lowest BCUT2D eigenvalue weighted by molar-refractivity contribution is -0.115. The molecule has 0 radical (unpaired) electrons. The van der Waals surface area contributed by atoms with Crippen LogP contribution in [0.25, 0.3) is 0 Å². The molecule has 8 nitrogen and oxygen atoms in total. The van der Waals surface area contributed by atoms with Gasteiger partial charge in [0.05, 0.1) is 6.54 Å². The molecule has 1 heterocycles. The van der Waals surface area contributed by atoms with Crippen molar-refractivity contribution in [2.75, 3.05) is 31.7 Å². The van der Waals surface area contributed by atoms with Gasteiger partial charge in [-0.1, -0.05) is 6.07 Å². The van der Waals surface area contributed by atoms with Crippen LogP contribution in [0.5, 0.6) is 11.5 Å². The standard InChI is InChI=1S/C21H23N3O5/c1-3-24(4-2)21(27)15-6-5-7-16(10-15)23-19(25)12-22-20(26)14-8-9-17-18(11-14)29-13-28-17/h5-11H,3-4,12-13H2,1-2H3,(H,22,26)(H,23,25). The quantitative estimate of drug-likeness (QED) is 0.747. The van der Waals surface area contributed by atoms with Crippen LogP contribution in [0.2, 0.25) is 0 Å². The van der Waals surface area contributed by atoms with Crippen molar-refractivity contribution in [3.05, 3.63) is 53.6 Å². The van der Waals surface area contributed by atoms with E-state index in [0.29, 0.717) is 41.4 Å². The fourth-order valence-corrected chi connectivity index (χ4v) is 2.93. The highest BCUT2D eigenvalue weighted by atomic mass is 16.7. The molecule has 0 saturated heterocycles. The second-order valence-corrected chi connectivity index (χ2v) is 6.36. The van der Waals surface area contributed by atoms with Crippen molar-refractivity contribution in [1.29, 1.82) is 0 Å². The summed E-state index contributed by atoms with van der Waals surface area (Å²) in [7, 11) is 0. The van der Waals surface area contributed by atoms with Gasteiger partial charge in [-0.05, 0) is 50.2 Å². The molecule has 0 fully saturated rings. The molecule has 3 amide bonds. The van der Waals surface area contributed by atoms with E-state index in [9.17, 15) is 14.4 Å². The van der Waals surface area contributed by atoms with Crippen molar-refractivity contribution in [2.24, 2.45) is 0 Å². The topological polar surface area (TPSA) is 97.0 Å². The lowest BCUT2D eigenvalue weighted by Crippen LogP contribution is -2.33. The van der Waals surface area contributed by atoms with Gasteiger partial charge in [0.15, 0.2) is 11.5 Å². The molecule has 8 heteroatoms. The molecule has 0 saturated carbocycles. The molecule has 1 aliphatic rings. The van der Waals surface area contributed by atoms with Crippen LogP contribution >= 0.6 is 0 Å². The molecule has 0 spiro atoms. The first-order valence-corrected chi connectivity index (χ1v) is 9.38. The summed E-state index contributed by atoms with van der Waals surface area (Å²) in [6.07, 6.45) is 0. The summed E-state index contributed by atoms with van der Waals surface area (Å²) in [5, 5.41) is 5.25. The maximum absolute atomic E-state index is 12.4. The normalized spacial score (nSPS) is 11.7. The molecule has 0 atom stereocenters. The molecule has 2 aromatic carbocycles. The Bertz CT molecular complexity index is 924. The first-order chi connectivity index (χ1) is 14.0. The van der Waals surface area contributed by atoms with E-state index in [1.807, 2.05) is 13.8 Å². The minimum Gasteiger partial charge on any atom is -0.454 e. The van der Waals surface area contributed by atoms with Crippen LogP contribution in [0.4, 0.5) is 5.69 Å². The van der Waals surface area contributed by atoms with Crippen LogP contribution in [0, 0.1) is 0 Å². The van der Waals surface area contributed by atoms with Crippen LogP contribution in [-0.4, -0.2) is 49.0 Å². The van der Waals surface area contributed by atoms with Crippen molar-refractivity contribution >= 4 is 23.4 Å². The minimum absolute atomic E-state index is 0.0952. The van der Waals surface area contributed by atoms with Crippen molar-refractivity contribution in [2.45, 2.75) is 13.8 Å². The highest BCUT2D eigenvalue weighted by Crippen LogP contribution is 2.32. The predicted octanol–water partition coefficient (Wildman–Crippen LogP) is 2.27. The molecule has 29 heavy (non-hydrogen) atoms. The van der Waals surface area contributed by atoms with Gasteiger partial charge < -0.3 is 25.0 Å². The summed E-state index contributed by atoms with van der Waals surface area (Å²) in [6.45, 7) is 4.96. The van der Waals surface area contributed by atoms with E-state index >= 15 is 0 Å². The monoisotopic (exact) mass is 397 g/mol.